The Bertz CT molecular complexity index is 1520. The lowest BCUT2D eigenvalue weighted by Gasteiger charge is -2.24. The van der Waals surface area contributed by atoms with Gasteiger partial charge < -0.3 is 60.8 Å². The van der Waals surface area contributed by atoms with Crippen molar-refractivity contribution in [2.75, 3.05) is 81.3 Å². The first kappa shape index (κ1) is 42.9. The minimum absolute atomic E-state index is 0.346. The molecule has 5 rings (SSSR count). The number of fused-ring (bicyclic) bond motifs is 8. The molecule has 0 heterocycles. The van der Waals surface area contributed by atoms with Gasteiger partial charge in [0.25, 0.3) is 0 Å². The van der Waals surface area contributed by atoms with E-state index in [0.717, 1.165) is 89.8 Å². The highest BCUT2D eigenvalue weighted by atomic mass is 16.5. The summed E-state index contributed by atoms with van der Waals surface area (Å²) in [5, 5.41) is 0. The van der Waals surface area contributed by atoms with E-state index in [1.54, 1.807) is 28.4 Å². The molecular weight excluding hydrogens is 713 g/mol. The van der Waals surface area contributed by atoms with Gasteiger partial charge >= 0.3 is 0 Å². The van der Waals surface area contributed by atoms with Crippen LogP contribution >= 0.6 is 0 Å². The number of hydrogen-bond donors (Lipinski definition) is 4. The Labute approximate surface area is 331 Å². The largest absolute Gasteiger partial charge is 0.491 e. The van der Waals surface area contributed by atoms with Crippen molar-refractivity contribution in [2.45, 2.75) is 51.9 Å². The lowest BCUT2D eigenvalue weighted by atomic mass is 9.88. The molecule has 0 spiro atoms. The summed E-state index contributed by atoms with van der Waals surface area (Å²) in [6.07, 6.45) is 1.96. The molecule has 4 aromatic rings. The molecule has 12 heteroatoms. The Hall–Kier alpha value is -4.24. The smallest absolute Gasteiger partial charge is 0.126 e. The second kappa shape index (κ2) is 21.9. The highest BCUT2D eigenvalue weighted by molar-refractivity contribution is 5.58. The van der Waals surface area contributed by atoms with Crippen LogP contribution in [0.25, 0.3) is 0 Å². The minimum Gasteiger partial charge on any atom is -0.491 e. The molecule has 0 radical (unpaired) electrons. The number of nitrogens with two attached hydrogens (primary N) is 4. The number of benzene rings is 4. The predicted molar refractivity (Wildman–Crippen MR) is 218 cm³/mol. The van der Waals surface area contributed by atoms with Crippen LogP contribution in [0.15, 0.2) is 48.5 Å². The van der Waals surface area contributed by atoms with Gasteiger partial charge in [0.1, 0.15) is 49.4 Å². The fourth-order valence-electron chi connectivity index (χ4n) is 7.30. The molecule has 0 aromatic heterocycles. The molecule has 56 heavy (non-hydrogen) atoms. The maximum absolute atomic E-state index is 6.63. The van der Waals surface area contributed by atoms with E-state index in [4.69, 9.17) is 60.8 Å². The number of methoxy groups -OCH3 is 4. The van der Waals surface area contributed by atoms with Gasteiger partial charge in [-0.05, 0) is 66.8 Å². The van der Waals surface area contributed by atoms with Crippen molar-refractivity contribution in [1.82, 2.24) is 0 Å². The topological polar surface area (TPSA) is 178 Å². The standard InChI is InChI=1S/C44H60N4O8/c1-49-5-9-53-41-33-13-29(25-45)14-34(41)22-36-16-31(27-47)18-38(43(36)55-11-7-51-3)24-40-20-32(28-48)19-39(44(40)56-12-8-52-4)23-37-17-30(26-46)15-35(21-33)42(37)54-10-6-50-2/h13-20H,5-12,21-28,45-48H2,1-4H3. The molecule has 304 valence electrons. The second-order valence-corrected chi connectivity index (χ2v) is 13.9. The van der Waals surface area contributed by atoms with E-state index in [-0.39, 0.29) is 0 Å². The summed E-state index contributed by atoms with van der Waals surface area (Å²) in [6.45, 7) is 4.51. The number of ether oxygens (including phenoxy) is 8. The summed E-state index contributed by atoms with van der Waals surface area (Å²) < 4.78 is 48.2. The predicted octanol–water partition coefficient (Wildman–Crippen LogP) is 4.30. The molecule has 0 saturated carbocycles. The van der Waals surface area contributed by atoms with Gasteiger partial charge in [-0.3, -0.25) is 0 Å². The molecular formula is C44H60N4O8. The van der Waals surface area contributed by atoms with Crippen molar-refractivity contribution < 1.29 is 37.9 Å². The van der Waals surface area contributed by atoms with Crippen LogP contribution in [0, 0.1) is 0 Å². The first-order valence-corrected chi connectivity index (χ1v) is 19.3. The van der Waals surface area contributed by atoms with Crippen molar-refractivity contribution in [3.63, 3.8) is 0 Å². The van der Waals surface area contributed by atoms with Crippen LogP contribution in [-0.2, 0) is 70.8 Å². The van der Waals surface area contributed by atoms with Crippen molar-refractivity contribution in [1.29, 1.82) is 0 Å². The van der Waals surface area contributed by atoms with E-state index in [1.165, 1.54) is 0 Å². The van der Waals surface area contributed by atoms with Gasteiger partial charge in [0.05, 0.1) is 26.4 Å². The molecule has 1 aliphatic rings. The Balaban J connectivity index is 1.87. The molecule has 0 saturated heterocycles. The van der Waals surface area contributed by atoms with Gasteiger partial charge in [-0.15, -0.1) is 0 Å². The molecule has 0 amide bonds. The van der Waals surface area contributed by atoms with Gasteiger partial charge in [-0.25, -0.2) is 0 Å². The summed E-state index contributed by atoms with van der Waals surface area (Å²) in [5.74, 6) is 3.07. The van der Waals surface area contributed by atoms with Crippen molar-refractivity contribution in [3.05, 3.63) is 115 Å². The van der Waals surface area contributed by atoms with E-state index in [9.17, 15) is 0 Å². The fourth-order valence-corrected chi connectivity index (χ4v) is 7.30. The van der Waals surface area contributed by atoms with Crippen molar-refractivity contribution >= 4 is 0 Å². The number of rotatable bonds is 20. The lowest BCUT2D eigenvalue weighted by molar-refractivity contribution is 0.144. The van der Waals surface area contributed by atoms with E-state index in [1.807, 2.05) is 0 Å². The van der Waals surface area contributed by atoms with Gasteiger partial charge in [-0.2, -0.15) is 0 Å². The van der Waals surface area contributed by atoms with Crippen molar-refractivity contribution in [3.8, 4) is 23.0 Å². The normalized spacial score (nSPS) is 12.4. The third-order valence-electron chi connectivity index (χ3n) is 9.81. The van der Waals surface area contributed by atoms with Crippen LogP contribution in [0.1, 0.15) is 66.8 Å². The van der Waals surface area contributed by atoms with E-state index in [0.29, 0.717) is 105 Å². The summed E-state index contributed by atoms with van der Waals surface area (Å²) in [5.41, 5.74) is 37.2. The average Bonchev–Trinajstić information content (AvgIpc) is 3.20. The highest BCUT2D eigenvalue weighted by Gasteiger charge is 2.24. The average molecular weight is 773 g/mol. The number of hydrogen-bond acceptors (Lipinski definition) is 12. The molecule has 0 fully saturated rings. The quantitative estimate of drug-likeness (QED) is 0.0827. The first-order valence-electron chi connectivity index (χ1n) is 19.3. The SMILES string of the molecule is COCCOc1c2cc(CN)cc1Cc1cc(CN)cc(c1OCCOC)Cc1cc(CN)cc(c1OCCOC)Cc1cc(CN)cc(c1OCCOC)C2. The van der Waals surface area contributed by atoms with E-state index >= 15 is 0 Å². The molecule has 0 atom stereocenters. The Morgan fingerprint density at radius 3 is 0.643 bits per heavy atom. The summed E-state index contributed by atoms with van der Waals surface area (Å²) in [7, 11) is 6.67. The van der Waals surface area contributed by atoms with E-state index in [2.05, 4.69) is 48.5 Å². The van der Waals surface area contributed by atoms with Crippen LogP contribution in [0.2, 0.25) is 0 Å². The molecule has 0 aliphatic heterocycles. The van der Waals surface area contributed by atoms with Crippen LogP contribution in [0.4, 0.5) is 0 Å². The Morgan fingerprint density at radius 1 is 0.321 bits per heavy atom. The monoisotopic (exact) mass is 772 g/mol. The van der Waals surface area contributed by atoms with Gasteiger partial charge in [0, 0.05) is 80.3 Å². The highest BCUT2D eigenvalue weighted by Crippen LogP contribution is 2.41. The Morgan fingerprint density at radius 2 is 0.500 bits per heavy atom. The molecule has 12 nitrogen and oxygen atoms in total. The lowest BCUT2D eigenvalue weighted by Crippen LogP contribution is -2.15. The zero-order valence-electron chi connectivity index (χ0n) is 33.5. The first-order chi connectivity index (χ1) is 27.4. The third kappa shape index (κ3) is 11.0. The van der Waals surface area contributed by atoms with Crippen LogP contribution in [0.3, 0.4) is 0 Å². The molecule has 8 bridgehead atoms. The zero-order chi connectivity index (χ0) is 39.9. The zero-order valence-corrected chi connectivity index (χ0v) is 33.5. The fraction of sp³-hybridized carbons (Fsp3) is 0.455. The second-order valence-electron chi connectivity index (χ2n) is 13.9. The Kier molecular flexibility index (Phi) is 16.8. The minimum atomic E-state index is 0.346. The van der Waals surface area contributed by atoms with Crippen LogP contribution < -0.4 is 41.9 Å². The molecule has 4 aromatic carbocycles. The summed E-state index contributed by atoms with van der Waals surface area (Å²) in [6, 6.07) is 17.0. The molecule has 1 aliphatic carbocycles. The van der Waals surface area contributed by atoms with Crippen molar-refractivity contribution in [2.24, 2.45) is 22.9 Å². The third-order valence-corrected chi connectivity index (χ3v) is 9.81. The molecule has 0 unspecified atom stereocenters. The van der Waals surface area contributed by atoms with Gasteiger partial charge in [0.2, 0.25) is 0 Å². The van der Waals surface area contributed by atoms with E-state index < -0.39 is 0 Å². The van der Waals surface area contributed by atoms with Gasteiger partial charge in [-0.1, -0.05) is 48.5 Å². The van der Waals surface area contributed by atoms with Gasteiger partial charge in [0.15, 0.2) is 0 Å². The summed E-state index contributed by atoms with van der Waals surface area (Å²) in [4.78, 5) is 0. The molecule has 8 N–H and O–H groups in total. The maximum atomic E-state index is 6.63. The van der Waals surface area contributed by atoms with Crippen LogP contribution in [-0.4, -0.2) is 81.3 Å². The maximum Gasteiger partial charge on any atom is 0.126 e. The summed E-state index contributed by atoms with van der Waals surface area (Å²) >= 11 is 0. The van der Waals surface area contributed by atoms with Crippen LogP contribution in [0.5, 0.6) is 23.0 Å².